The summed E-state index contributed by atoms with van der Waals surface area (Å²) in [5, 5.41) is 5.34. The molecule has 0 saturated carbocycles. The van der Waals surface area contributed by atoms with Crippen LogP contribution in [0.4, 0.5) is 5.13 Å². The summed E-state index contributed by atoms with van der Waals surface area (Å²) in [7, 11) is 0. The lowest BCUT2D eigenvalue weighted by Gasteiger charge is -2.03. The van der Waals surface area contributed by atoms with Crippen LogP contribution in [0.2, 0.25) is 10.2 Å². The molecule has 4 nitrogen and oxygen atoms in total. The lowest BCUT2D eigenvalue weighted by Crippen LogP contribution is -2.12. The predicted molar refractivity (Wildman–Crippen MR) is 64.3 cm³/mol. The molecule has 0 fully saturated rings. The number of pyridine rings is 1. The Balaban J connectivity index is 2.24. The van der Waals surface area contributed by atoms with E-state index in [0.717, 1.165) is 0 Å². The van der Waals surface area contributed by atoms with Crippen LogP contribution in [-0.2, 0) is 0 Å². The summed E-state index contributed by atoms with van der Waals surface area (Å²) in [4.78, 5) is 19.5. The zero-order valence-corrected chi connectivity index (χ0v) is 10.1. The molecule has 82 valence electrons. The number of carbonyl (C=O) groups excluding carboxylic acids is 1. The number of rotatable bonds is 2. The molecule has 0 saturated heterocycles. The second-order valence-corrected chi connectivity index (χ2v) is 4.47. The first-order valence-corrected chi connectivity index (χ1v) is 5.82. The smallest absolute Gasteiger partial charge is 0.259 e. The summed E-state index contributed by atoms with van der Waals surface area (Å²) in [6.45, 7) is 0. The molecule has 0 unspecified atom stereocenters. The van der Waals surface area contributed by atoms with Gasteiger partial charge in [-0.1, -0.05) is 23.2 Å². The standard InChI is InChI=1S/C9H5Cl2N3OS/c10-6-4-13-7(11)3-5(6)8(15)14-9-12-1-2-16-9/h1-4H,(H,12,14,15). The fraction of sp³-hybridized carbons (Fsp3) is 0. The SMILES string of the molecule is O=C(Nc1nccs1)c1cc(Cl)ncc1Cl. The molecule has 0 aliphatic carbocycles. The van der Waals surface area contributed by atoms with Crippen molar-refractivity contribution in [3.8, 4) is 0 Å². The Morgan fingerprint density at radius 1 is 1.38 bits per heavy atom. The van der Waals surface area contributed by atoms with Crippen molar-refractivity contribution in [3.63, 3.8) is 0 Å². The number of aromatic nitrogens is 2. The van der Waals surface area contributed by atoms with Gasteiger partial charge in [-0.15, -0.1) is 11.3 Å². The van der Waals surface area contributed by atoms with E-state index >= 15 is 0 Å². The highest BCUT2D eigenvalue weighted by atomic mass is 35.5. The molecule has 2 rings (SSSR count). The highest BCUT2D eigenvalue weighted by Crippen LogP contribution is 2.20. The van der Waals surface area contributed by atoms with Crippen LogP contribution in [0, 0.1) is 0 Å². The van der Waals surface area contributed by atoms with Crippen molar-refractivity contribution in [1.29, 1.82) is 0 Å². The number of thiazole rings is 1. The fourth-order valence-corrected chi connectivity index (χ4v) is 1.91. The average molecular weight is 274 g/mol. The van der Waals surface area contributed by atoms with E-state index in [0.29, 0.717) is 5.13 Å². The molecule has 1 N–H and O–H groups in total. The molecule has 0 aromatic carbocycles. The summed E-state index contributed by atoms with van der Waals surface area (Å²) in [6, 6.07) is 1.41. The monoisotopic (exact) mass is 273 g/mol. The Hall–Kier alpha value is -1.17. The Morgan fingerprint density at radius 3 is 2.88 bits per heavy atom. The van der Waals surface area contributed by atoms with E-state index in [9.17, 15) is 4.79 Å². The van der Waals surface area contributed by atoms with Crippen LogP contribution in [0.3, 0.4) is 0 Å². The highest BCUT2D eigenvalue weighted by Gasteiger charge is 2.12. The second kappa shape index (κ2) is 4.78. The number of halogens is 2. The van der Waals surface area contributed by atoms with Crippen LogP contribution >= 0.6 is 34.5 Å². The van der Waals surface area contributed by atoms with Gasteiger partial charge in [0.2, 0.25) is 0 Å². The van der Waals surface area contributed by atoms with E-state index in [1.807, 2.05) is 0 Å². The topological polar surface area (TPSA) is 54.9 Å². The minimum atomic E-state index is -0.357. The Kier molecular flexibility index (Phi) is 3.38. The molecule has 7 heteroatoms. The van der Waals surface area contributed by atoms with Crippen molar-refractivity contribution in [2.75, 3.05) is 5.32 Å². The van der Waals surface area contributed by atoms with Gasteiger partial charge in [-0.3, -0.25) is 10.1 Å². The first-order chi connectivity index (χ1) is 7.66. The van der Waals surface area contributed by atoms with Gasteiger partial charge in [-0.25, -0.2) is 9.97 Å². The molecule has 2 aromatic rings. The van der Waals surface area contributed by atoms with E-state index in [1.165, 1.54) is 23.6 Å². The molecule has 2 aromatic heterocycles. The minimum absolute atomic E-state index is 0.216. The van der Waals surface area contributed by atoms with Gasteiger partial charge in [0.05, 0.1) is 10.6 Å². The van der Waals surface area contributed by atoms with Gasteiger partial charge in [0.1, 0.15) is 5.15 Å². The maximum absolute atomic E-state index is 11.8. The van der Waals surface area contributed by atoms with Crippen molar-refractivity contribution >= 4 is 45.6 Å². The third kappa shape index (κ3) is 2.49. The van der Waals surface area contributed by atoms with Crippen molar-refractivity contribution in [3.05, 3.63) is 39.6 Å². The lowest BCUT2D eigenvalue weighted by molar-refractivity contribution is 0.102. The van der Waals surface area contributed by atoms with Gasteiger partial charge in [-0.05, 0) is 6.07 Å². The van der Waals surface area contributed by atoms with Crippen LogP contribution in [-0.4, -0.2) is 15.9 Å². The molecular weight excluding hydrogens is 269 g/mol. The molecule has 2 heterocycles. The average Bonchev–Trinajstić information content (AvgIpc) is 2.74. The summed E-state index contributed by atoms with van der Waals surface area (Å²) in [5.74, 6) is -0.357. The van der Waals surface area contributed by atoms with Gasteiger partial charge >= 0.3 is 0 Å². The van der Waals surface area contributed by atoms with Crippen molar-refractivity contribution in [2.45, 2.75) is 0 Å². The first-order valence-electron chi connectivity index (χ1n) is 4.18. The number of nitrogens with zero attached hydrogens (tertiary/aromatic N) is 2. The molecular formula is C9H5Cl2N3OS. The molecule has 0 spiro atoms. The molecule has 16 heavy (non-hydrogen) atoms. The van der Waals surface area contributed by atoms with Crippen LogP contribution in [0.1, 0.15) is 10.4 Å². The van der Waals surface area contributed by atoms with E-state index < -0.39 is 0 Å². The molecule has 0 radical (unpaired) electrons. The van der Waals surface area contributed by atoms with E-state index in [2.05, 4.69) is 15.3 Å². The summed E-state index contributed by atoms with van der Waals surface area (Å²) in [5.41, 5.74) is 0.275. The number of hydrogen-bond donors (Lipinski definition) is 1. The van der Waals surface area contributed by atoms with Crippen molar-refractivity contribution in [1.82, 2.24) is 9.97 Å². The van der Waals surface area contributed by atoms with Gasteiger partial charge in [-0.2, -0.15) is 0 Å². The normalized spacial score (nSPS) is 10.1. The molecule has 0 aliphatic heterocycles. The first kappa shape index (κ1) is 11.3. The Labute approximate surface area is 105 Å². The van der Waals surface area contributed by atoms with Gasteiger partial charge in [0.25, 0.3) is 5.91 Å². The molecule has 1 amide bonds. The summed E-state index contributed by atoms with van der Waals surface area (Å²) >= 11 is 12.8. The number of hydrogen-bond acceptors (Lipinski definition) is 4. The molecule has 0 atom stereocenters. The van der Waals surface area contributed by atoms with E-state index in [4.69, 9.17) is 23.2 Å². The molecule has 0 aliphatic rings. The quantitative estimate of drug-likeness (QED) is 0.856. The third-order valence-corrected chi connectivity index (χ3v) is 2.92. The molecule has 0 bridgehead atoms. The number of anilines is 1. The van der Waals surface area contributed by atoms with Crippen molar-refractivity contribution < 1.29 is 4.79 Å². The zero-order chi connectivity index (χ0) is 11.5. The van der Waals surface area contributed by atoms with Crippen LogP contribution < -0.4 is 5.32 Å². The Bertz CT molecular complexity index is 515. The minimum Gasteiger partial charge on any atom is -0.298 e. The van der Waals surface area contributed by atoms with Crippen molar-refractivity contribution in [2.24, 2.45) is 0 Å². The number of carbonyl (C=O) groups is 1. The maximum Gasteiger partial charge on any atom is 0.259 e. The number of nitrogens with one attached hydrogen (secondary N) is 1. The highest BCUT2D eigenvalue weighted by molar-refractivity contribution is 7.13. The summed E-state index contributed by atoms with van der Waals surface area (Å²) in [6.07, 6.45) is 2.93. The van der Waals surface area contributed by atoms with Gasteiger partial charge in [0.15, 0.2) is 5.13 Å². The van der Waals surface area contributed by atoms with Gasteiger partial charge in [0, 0.05) is 17.8 Å². The number of amides is 1. The van der Waals surface area contributed by atoms with Crippen LogP contribution in [0.15, 0.2) is 23.8 Å². The van der Waals surface area contributed by atoms with Gasteiger partial charge < -0.3 is 0 Å². The van der Waals surface area contributed by atoms with E-state index in [-0.39, 0.29) is 21.6 Å². The maximum atomic E-state index is 11.8. The summed E-state index contributed by atoms with van der Waals surface area (Å²) < 4.78 is 0. The zero-order valence-electron chi connectivity index (χ0n) is 7.78. The third-order valence-electron chi connectivity index (χ3n) is 1.72. The van der Waals surface area contributed by atoms with Crippen LogP contribution in [0.5, 0.6) is 0 Å². The lowest BCUT2D eigenvalue weighted by atomic mass is 10.2. The Morgan fingerprint density at radius 2 is 2.19 bits per heavy atom. The largest absolute Gasteiger partial charge is 0.298 e. The predicted octanol–water partition coefficient (Wildman–Crippen LogP) is 3.10. The second-order valence-electron chi connectivity index (χ2n) is 2.78. The fourth-order valence-electron chi connectivity index (χ4n) is 1.04. The van der Waals surface area contributed by atoms with E-state index in [1.54, 1.807) is 11.6 Å². The van der Waals surface area contributed by atoms with Crippen LogP contribution in [0.25, 0.3) is 0 Å².